The Morgan fingerprint density at radius 1 is 1.45 bits per heavy atom. The van der Waals surface area contributed by atoms with Gasteiger partial charge in [0.2, 0.25) is 5.91 Å². The number of ether oxygens (including phenoxy) is 1. The van der Waals surface area contributed by atoms with Crippen LogP contribution >= 0.6 is 0 Å². The number of amides is 1. The molecule has 3 N–H and O–H groups in total. The van der Waals surface area contributed by atoms with Crippen molar-refractivity contribution in [2.75, 3.05) is 25.0 Å². The fourth-order valence-electron chi connectivity index (χ4n) is 2.28. The highest BCUT2D eigenvalue weighted by molar-refractivity contribution is 5.91. The summed E-state index contributed by atoms with van der Waals surface area (Å²) in [6, 6.07) is 4.89. The zero-order valence-electron chi connectivity index (χ0n) is 11.8. The summed E-state index contributed by atoms with van der Waals surface area (Å²) in [5, 5.41) is 15.4. The first-order chi connectivity index (χ1) is 9.65. The van der Waals surface area contributed by atoms with E-state index in [4.69, 9.17) is 4.74 Å². The second-order valence-electron chi connectivity index (χ2n) is 5.12. The molecule has 1 amide bonds. The van der Waals surface area contributed by atoms with Crippen LogP contribution in [0.3, 0.4) is 0 Å². The van der Waals surface area contributed by atoms with E-state index in [1.807, 2.05) is 6.92 Å². The highest BCUT2D eigenvalue weighted by Crippen LogP contribution is 2.20. The molecule has 0 aliphatic carbocycles. The summed E-state index contributed by atoms with van der Waals surface area (Å²) < 4.78 is 5.70. The molecule has 0 atom stereocenters. The molecule has 0 radical (unpaired) electrons. The van der Waals surface area contributed by atoms with Gasteiger partial charge in [0.05, 0.1) is 19.1 Å². The summed E-state index contributed by atoms with van der Waals surface area (Å²) >= 11 is 0. The largest absolute Gasteiger partial charge is 0.508 e. The van der Waals surface area contributed by atoms with Crippen molar-refractivity contribution in [1.29, 1.82) is 0 Å². The number of carbonyl (C=O) groups is 1. The van der Waals surface area contributed by atoms with Gasteiger partial charge in [0.15, 0.2) is 0 Å². The maximum Gasteiger partial charge on any atom is 0.226 e. The molecule has 1 aromatic carbocycles. The Morgan fingerprint density at radius 3 is 2.90 bits per heavy atom. The number of hydrogen-bond acceptors (Lipinski definition) is 4. The highest BCUT2D eigenvalue weighted by atomic mass is 16.5. The van der Waals surface area contributed by atoms with Crippen LogP contribution in [-0.4, -0.2) is 36.8 Å². The molecule has 110 valence electrons. The van der Waals surface area contributed by atoms with Crippen LogP contribution < -0.4 is 10.6 Å². The normalized spacial score (nSPS) is 16.1. The van der Waals surface area contributed by atoms with Gasteiger partial charge in [-0.3, -0.25) is 4.79 Å². The number of piperidine rings is 1. The number of phenolic OH excluding ortho intramolecular Hbond substituents is 1. The fourth-order valence-corrected chi connectivity index (χ4v) is 2.28. The number of aromatic hydroxyl groups is 1. The predicted octanol–water partition coefficient (Wildman–Crippen LogP) is 1.80. The van der Waals surface area contributed by atoms with Gasteiger partial charge in [-0.05, 0) is 56.6 Å². The first-order valence-electron chi connectivity index (χ1n) is 7.07. The molecule has 0 saturated carbocycles. The summed E-state index contributed by atoms with van der Waals surface area (Å²) in [6.07, 6.45) is 2.65. The van der Waals surface area contributed by atoms with Crippen LogP contribution in [0.4, 0.5) is 5.69 Å². The molecule has 1 aliphatic rings. The lowest BCUT2D eigenvalue weighted by Gasteiger charge is -2.22. The average Bonchev–Trinajstić information content (AvgIpc) is 2.43. The molecule has 20 heavy (non-hydrogen) atoms. The second-order valence-corrected chi connectivity index (χ2v) is 5.12. The molecular formula is C15H22N2O3. The number of carbonyl (C=O) groups excluding carboxylic acids is 1. The van der Waals surface area contributed by atoms with Crippen LogP contribution in [0, 0.1) is 6.92 Å². The minimum absolute atomic E-state index is 0.0623. The quantitative estimate of drug-likeness (QED) is 0.718. The van der Waals surface area contributed by atoms with E-state index >= 15 is 0 Å². The van der Waals surface area contributed by atoms with Crippen LogP contribution in [0.5, 0.6) is 5.75 Å². The highest BCUT2D eigenvalue weighted by Gasteiger charge is 2.13. The minimum Gasteiger partial charge on any atom is -0.508 e. The third-order valence-corrected chi connectivity index (χ3v) is 3.45. The van der Waals surface area contributed by atoms with Gasteiger partial charge in [0.1, 0.15) is 5.75 Å². The molecule has 5 heteroatoms. The Kier molecular flexibility index (Phi) is 5.38. The van der Waals surface area contributed by atoms with Crippen molar-refractivity contribution in [1.82, 2.24) is 5.32 Å². The SMILES string of the molecule is Cc1cc(O)ccc1NC(=O)CCOC1CCNCC1. The Bertz CT molecular complexity index is 456. The number of anilines is 1. The molecule has 0 unspecified atom stereocenters. The summed E-state index contributed by atoms with van der Waals surface area (Å²) in [4.78, 5) is 11.8. The third-order valence-electron chi connectivity index (χ3n) is 3.45. The van der Waals surface area contributed by atoms with Crippen LogP contribution in [0.1, 0.15) is 24.8 Å². The topological polar surface area (TPSA) is 70.6 Å². The van der Waals surface area contributed by atoms with Gasteiger partial charge in [-0.2, -0.15) is 0 Å². The predicted molar refractivity (Wildman–Crippen MR) is 77.9 cm³/mol. The van der Waals surface area contributed by atoms with Gasteiger partial charge in [0.25, 0.3) is 0 Å². The van der Waals surface area contributed by atoms with Crippen molar-refractivity contribution >= 4 is 11.6 Å². The van der Waals surface area contributed by atoms with Crippen LogP contribution in [-0.2, 0) is 9.53 Å². The lowest BCUT2D eigenvalue weighted by molar-refractivity contribution is -0.117. The van der Waals surface area contributed by atoms with E-state index in [-0.39, 0.29) is 17.8 Å². The number of benzene rings is 1. The van der Waals surface area contributed by atoms with Crippen molar-refractivity contribution < 1.29 is 14.6 Å². The van der Waals surface area contributed by atoms with E-state index in [0.717, 1.165) is 37.2 Å². The van der Waals surface area contributed by atoms with E-state index in [9.17, 15) is 9.90 Å². The molecule has 5 nitrogen and oxygen atoms in total. The standard InChI is InChI=1S/C15H22N2O3/c1-11-10-12(18)2-3-14(11)17-15(19)6-9-20-13-4-7-16-8-5-13/h2-3,10,13,16,18H,4-9H2,1H3,(H,17,19). The van der Waals surface area contributed by atoms with Crippen LogP contribution in [0.2, 0.25) is 0 Å². The Morgan fingerprint density at radius 2 is 2.20 bits per heavy atom. The maximum atomic E-state index is 11.8. The van der Waals surface area contributed by atoms with Gasteiger partial charge in [0, 0.05) is 5.69 Å². The number of phenols is 1. The van der Waals surface area contributed by atoms with E-state index in [0.29, 0.717) is 13.0 Å². The zero-order valence-corrected chi connectivity index (χ0v) is 11.8. The van der Waals surface area contributed by atoms with E-state index in [1.165, 1.54) is 0 Å². The van der Waals surface area contributed by atoms with E-state index in [1.54, 1.807) is 18.2 Å². The van der Waals surface area contributed by atoms with Gasteiger partial charge in [-0.1, -0.05) is 0 Å². The van der Waals surface area contributed by atoms with Crippen LogP contribution in [0.15, 0.2) is 18.2 Å². The third kappa shape index (κ3) is 4.51. The molecule has 1 aromatic rings. The molecule has 0 spiro atoms. The molecular weight excluding hydrogens is 256 g/mol. The van der Waals surface area contributed by atoms with Crippen molar-refractivity contribution in [2.45, 2.75) is 32.3 Å². The summed E-state index contributed by atoms with van der Waals surface area (Å²) in [5.41, 5.74) is 1.58. The fraction of sp³-hybridized carbons (Fsp3) is 0.533. The molecule has 0 aromatic heterocycles. The number of hydrogen-bond donors (Lipinski definition) is 3. The maximum absolute atomic E-state index is 11.8. The van der Waals surface area contributed by atoms with Crippen LogP contribution in [0.25, 0.3) is 0 Å². The number of rotatable bonds is 5. The van der Waals surface area contributed by atoms with E-state index < -0.39 is 0 Å². The summed E-state index contributed by atoms with van der Waals surface area (Å²) in [5.74, 6) is 0.141. The molecule has 1 aliphatic heterocycles. The molecule has 2 rings (SSSR count). The Balaban J connectivity index is 1.72. The first kappa shape index (κ1) is 14.8. The van der Waals surface area contributed by atoms with Gasteiger partial charge in [-0.25, -0.2) is 0 Å². The minimum atomic E-state index is -0.0623. The smallest absolute Gasteiger partial charge is 0.226 e. The summed E-state index contributed by atoms with van der Waals surface area (Å²) in [7, 11) is 0. The average molecular weight is 278 g/mol. The van der Waals surface area contributed by atoms with Crippen molar-refractivity contribution in [2.24, 2.45) is 0 Å². The Labute approximate surface area is 119 Å². The van der Waals surface area contributed by atoms with Crippen molar-refractivity contribution in [3.63, 3.8) is 0 Å². The number of nitrogens with one attached hydrogen (secondary N) is 2. The van der Waals surface area contributed by atoms with Gasteiger partial charge < -0.3 is 20.5 Å². The second kappa shape index (κ2) is 7.26. The lowest BCUT2D eigenvalue weighted by Crippen LogP contribution is -2.33. The van der Waals surface area contributed by atoms with Gasteiger partial charge in [-0.15, -0.1) is 0 Å². The molecule has 1 saturated heterocycles. The first-order valence-corrected chi connectivity index (χ1v) is 7.07. The number of aryl methyl sites for hydroxylation is 1. The molecule has 1 fully saturated rings. The molecule has 0 bridgehead atoms. The van der Waals surface area contributed by atoms with Crippen molar-refractivity contribution in [3.8, 4) is 5.75 Å². The van der Waals surface area contributed by atoms with Crippen molar-refractivity contribution in [3.05, 3.63) is 23.8 Å². The molecule has 1 heterocycles. The summed E-state index contributed by atoms with van der Waals surface area (Å²) in [6.45, 7) is 4.28. The van der Waals surface area contributed by atoms with E-state index in [2.05, 4.69) is 10.6 Å². The zero-order chi connectivity index (χ0) is 14.4. The lowest BCUT2D eigenvalue weighted by atomic mass is 10.1. The Hall–Kier alpha value is -1.59. The van der Waals surface area contributed by atoms with Gasteiger partial charge >= 0.3 is 0 Å². The monoisotopic (exact) mass is 278 g/mol.